The zero-order valence-electron chi connectivity index (χ0n) is 12.8. The van der Waals surface area contributed by atoms with Gasteiger partial charge in [0.2, 0.25) is 0 Å². The third kappa shape index (κ3) is 4.07. The highest BCUT2D eigenvalue weighted by Crippen LogP contribution is 2.27. The van der Waals surface area contributed by atoms with Crippen LogP contribution in [0.25, 0.3) is 0 Å². The fourth-order valence-corrected chi connectivity index (χ4v) is 3.10. The number of anilines is 2. The largest absolute Gasteiger partial charge is 0.368 e. The highest BCUT2D eigenvalue weighted by Gasteiger charge is 2.21. The Morgan fingerprint density at radius 1 is 0.917 bits per heavy atom. The molecule has 2 amide bonds. The standard InChI is InChI=1S/C17H16Cl3N3O/c18-12-2-1-3-13(10-12)21-17(24)23-8-6-22(7-9-23)14-4-5-15(19)16(20)11-14/h1-5,10-11H,6-9H2,(H,21,24). The van der Waals surface area contributed by atoms with Gasteiger partial charge in [-0.2, -0.15) is 0 Å². The molecular formula is C17H16Cl3N3O. The minimum absolute atomic E-state index is 0.119. The summed E-state index contributed by atoms with van der Waals surface area (Å²) in [5.74, 6) is 0. The SMILES string of the molecule is O=C(Nc1cccc(Cl)c1)N1CCN(c2ccc(Cl)c(Cl)c2)CC1. The molecule has 7 heteroatoms. The summed E-state index contributed by atoms with van der Waals surface area (Å²) < 4.78 is 0. The highest BCUT2D eigenvalue weighted by atomic mass is 35.5. The quantitative estimate of drug-likeness (QED) is 0.791. The Labute approximate surface area is 155 Å². The summed E-state index contributed by atoms with van der Waals surface area (Å²) in [6.07, 6.45) is 0. The molecule has 0 atom stereocenters. The van der Waals surface area contributed by atoms with E-state index in [1.54, 1.807) is 29.2 Å². The van der Waals surface area contributed by atoms with Crippen molar-refractivity contribution in [2.24, 2.45) is 0 Å². The normalized spacial score (nSPS) is 14.6. The van der Waals surface area contributed by atoms with Gasteiger partial charge < -0.3 is 15.1 Å². The molecular weight excluding hydrogens is 369 g/mol. The van der Waals surface area contributed by atoms with E-state index in [9.17, 15) is 4.79 Å². The molecule has 1 aliphatic heterocycles. The van der Waals surface area contributed by atoms with Crippen LogP contribution in [0.1, 0.15) is 0 Å². The monoisotopic (exact) mass is 383 g/mol. The smallest absolute Gasteiger partial charge is 0.321 e. The molecule has 1 fully saturated rings. The lowest BCUT2D eigenvalue weighted by Gasteiger charge is -2.36. The average molecular weight is 385 g/mol. The fraction of sp³-hybridized carbons (Fsp3) is 0.235. The molecule has 4 nitrogen and oxygen atoms in total. The van der Waals surface area contributed by atoms with Gasteiger partial charge in [-0.15, -0.1) is 0 Å². The van der Waals surface area contributed by atoms with E-state index in [1.807, 2.05) is 18.2 Å². The highest BCUT2D eigenvalue weighted by molar-refractivity contribution is 6.42. The first-order valence-electron chi connectivity index (χ1n) is 7.54. The Balaban J connectivity index is 1.58. The van der Waals surface area contributed by atoms with Crippen molar-refractivity contribution in [2.75, 3.05) is 36.4 Å². The van der Waals surface area contributed by atoms with Crippen molar-refractivity contribution in [3.05, 3.63) is 57.5 Å². The number of amides is 2. The first kappa shape index (κ1) is 17.2. The summed E-state index contributed by atoms with van der Waals surface area (Å²) in [4.78, 5) is 16.3. The molecule has 0 unspecified atom stereocenters. The minimum Gasteiger partial charge on any atom is -0.368 e. The first-order chi connectivity index (χ1) is 11.5. The zero-order chi connectivity index (χ0) is 17.1. The Kier molecular flexibility index (Phi) is 5.39. The molecule has 2 aromatic carbocycles. The van der Waals surface area contributed by atoms with Gasteiger partial charge in [0.05, 0.1) is 10.0 Å². The molecule has 1 aliphatic rings. The van der Waals surface area contributed by atoms with Crippen LogP contribution in [0.3, 0.4) is 0 Å². The number of hydrogen-bond acceptors (Lipinski definition) is 2. The number of carbonyl (C=O) groups excluding carboxylic acids is 1. The number of hydrogen-bond donors (Lipinski definition) is 1. The Hall–Kier alpha value is -1.62. The molecule has 3 rings (SSSR count). The molecule has 24 heavy (non-hydrogen) atoms. The van der Waals surface area contributed by atoms with Crippen LogP contribution < -0.4 is 10.2 Å². The van der Waals surface area contributed by atoms with Gasteiger partial charge >= 0.3 is 6.03 Å². The van der Waals surface area contributed by atoms with Crippen LogP contribution in [-0.2, 0) is 0 Å². The fourth-order valence-electron chi connectivity index (χ4n) is 2.62. The lowest BCUT2D eigenvalue weighted by atomic mass is 10.2. The number of halogens is 3. The topological polar surface area (TPSA) is 35.6 Å². The molecule has 1 heterocycles. The predicted octanol–water partition coefficient (Wildman–Crippen LogP) is 5.00. The van der Waals surface area contributed by atoms with Gasteiger partial charge in [0.25, 0.3) is 0 Å². The van der Waals surface area contributed by atoms with Crippen molar-refractivity contribution in [2.45, 2.75) is 0 Å². The maximum absolute atomic E-state index is 12.3. The second kappa shape index (κ2) is 7.51. The third-order valence-corrected chi connectivity index (χ3v) is 4.89. The lowest BCUT2D eigenvalue weighted by molar-refractivity contribution is 0.208. The minimum atomic E-state index is -0.119. The number of rotatable bonds is 2. The van der Waals surface area contributed by atoms with Crippen LogP contribution >= 0.6 is 34.8 Å². The van der Waals surface area contributed by atoms with Crippen molar-refractivity contribution in [3.63, 3.8) is 0 Å². The van der Waals surface area contributed by atoms with Crippen LogP contribution in [0, 0.1) is 0 Å². The number of nitrogens with one attached hydrogen (secondary N) is 1. The van der Waals surface area contributed by atoms with E-state index in [0.717, 1.165) is 18.8 Å². The lowest BCUT2D eigenvalue weighted by Crippen LogP contribution is -2.50. The van der Waals surface area contributed by atoms with E-state index in [-0.39, 0.29) is 6.03 Å². The number of urea groups is 1. The van der Waals surface area contributed by atoms with Gasteiger partial charge in [-0.1, -0.05) is 40.9 Å². The van der Waals surface area contributed by atoms with Crippen LogP contribution in [0.2, 0.25) is 15.1 Å². The number of carbonyl (C=O) groups is 1. The van der Waals surface area contributed by atoms with Gasteiger partial charge in [0, 0.05) is 42.6 Å². The molecule has 0 bridgehead atoms. The maximum atomic E-state index is 12.3. The molecule has 0 spiro atoms. The van der Waals surface area contributed by atoms with Crippen LogP contribution in [0.4, 0.5) is 16.2 Å². The Morgan fingerprint density at radius 3 is 2.33 bits per heavy atom. The molecule has 0 radical (unpaired) electrons. The van der Waals surface area contributed by atoms with E-state index in [4.69, 9.17) is 34.8 Å². The third-order valence-electron chi connectivity index (χ3n) is 3.91. The van der Waals surface area contributed by atoms with Crippen molar-refractivity contribution in [1.29, 1.82) is 0 Å². The summed E-state index contributed by atoms with van der Waals surface area (Å²) in [6.45, 7) is 2.74. The molecule has 0 aromatic heterocycles. The van der Waals surface area contributed by atoms with E-state index < -0.39 is 0 Å². The summed E-state index contributed by atoms with van der Waals surface area (Å²) in [7, 11) is 0. The van der Waals surface area contributed by atoms with E-state index >= 15 is 0 Å². The number of nitrogens with zero attached hydrogens (tertiary/aromatic N) is 2. The van der Waals surface area contributed by atoms with Crippen molar-refractivity contribution in [1.82, 2.24) is 4.90 Å². The van der Waals surface area contributed by atoms with Gasteiger partial charge in [-0.25, -0.2) is 4.79 Å². The van der Waals surface area contributed by atoms with Gasteiger partial charge in [0.15, 0.2) is 0 Å². The molecule has 0 aliphatic carbocycles. The van der Waals surface area contributed by atoms with Crippen LogP contribution in [0.5, 0.6) is 0 Å². The molecule has 1 N–H and O–H groups in total. The number of piperazine rings is 1. The van der Waals surface area contributed by atoms with Gasteiger partial charge in [0.1, 0.15) is 0 Å². The van der Waals surface area contributed by atoms with Crippen molar-refractivity contribution >= 4 is 52.2 Å². The molecule has 1 saturated heterocycles. The zero-order valence-corrected chi connectivity index (χ0v) is 15.1. The summed E-state index contributed by atoms with van der Waals surface area (Å²) in [5.41, 5.74) is 1.71. The summed E-state index contributed by atoms with van der Waals surface area (Å²) >= 11 is 18.0. The molecule has 126 valence electrons. The molecule has 0 saturated carbocycles. The van der Waals surface area contributed by atoms with Crippen LogP contribution in [0.15, 0.2) is 42.5 Å². The van der Waals surface area contributed by atoms with E-state index in [2.05, 4.69) is 10.2 Å². The van der Waals surface area contributed by atoms with Crippen molar-refractivity contribution < 1.29 is 4.79 Å². The summed E-state index contributed by atoms with van der Waals surface area (Å²) in [5, 5.41) is 4.54. The predicted molar refractivity (Wildman–Crippen MR) is 101 cm³/mol. The first-order valence-corrected chi connectivity index (χ1v) is 8.68. The van der Waals surface area contributed by atoms with Gasteiger partial charge in [-0.3, -0.25) is 0 Å². The number of benzene rings is 2. The second-order valence-corrected chi connectivity index (χ2v) is 6.76. The Morgan fingerprint density at radius 2 is 1.67 bits per heavy atom. The maximum Gasteiger partial charge on any atom is 0.321 e. The average Bonchev–Trinajstić information content (AvgIpc) is 2.57. The summed E-state index contributed by atoms with van der Waals surface area (Å²) in [6, 6.07) is 12.6. The van der Waals surface area contributed by atoms with E-state index in [1.165, 1.54) is 0 Å². The second-order valence-electron chi connectivity index (χ2n) is 5.51. The molecule has 2 aromatic rings. The van der Waals surface area contributed by atoms with E-state index in [0.29, 0.717) is 33.8 Å². The van der Waals surface area contributed by atoms with Gasteiger partial charge in [-0.05, 0) is 36.4 Å². The van der Waals surface area contributed by atoms with Crippen LogP contribution in [-0.4, -0.2) is 37.1 Å². The van der Waals surface area contributed by atoms with Crippen molar-refractivity contribution in [3.8, 4) is 0 Å². The Bertz CT molecular complexity index is 746.